The third kappa shape index (κ3) is 4.93. The van der Waals surface area contributed by atoms with Crippen molar-refractivity contribution in [3.8, 4) is 0 Å². The Morgan fingerprint density at radius 1 is 1.24 bits per heavy atom. The number of likely N-dealkylation sites (N-methyl/N-ethyl adjacent to an activating group) is 1. The van der Waals surface area contributed by atoms with Crippen LogP contribution in [-0.2, 0) is 9.59 Å². The van der Waals surface area contributed by atoms with Crippen LogP contribution in [0.3, 0.4) is 0 Å². The SMILES string of the molecule is CC(C)NC(=O)CN(C)C(=O)CNC(=O)c1sc2ccccc2c1Cl. The van der Waals surface area contributed by atoms with Crippen molar-refractivity contribution in [2.75, 3.05) is 20.1 Å². The Bertz CT molecular complexity index is 804. The van der Waals surface area contributed by atoms with Gasteiger partial charge in [-0.15, -0.1) is 11.3 Å². The topological polar surface area (TPSA) is 78.5 Å². The van der Waals surface area contributed by atoms with Crippen molar-refractivity contribution >= 4 is 50.7 Å². The summed E-state index contributed by atoms with van der Waals surface area (Å²) in [5, 5.41) is 6.46. The van der Waals surface area contributed by atoms with Gasteiger partial charge in [-0.1, -0.05) is 29.8 Å². The monoisotopic (exact) mass is 381 g/mol. The van der Waals surface area contributed by atoms with Crippen LogP contribution in [0.2, 0.25) is 5.02 Å². The number of hydrogen-bond acceptors (Lipinski definition) is 4. The van der Waals surface area contributed by atoms with Gasteiger partial charge in [0.05, 0.1) is 18.1 Å². The van der Waals surface area contributed by atoms with Gasteiger partial charge in [-0.2, -0.15) is 0 Å². The molecular weight excluding hydrogens is 362 g/mol. The number of fused-ring (bicyclic) bond motifs is 1. The molecule has 1 aromatic heterocycles. The van der Waals surface area contributed by atoms with Crippen LogP contribution in [-0.4, -0.2) is 48.8 Å². The van der Waals surface area contributed by atoms with Crippen molar-refractivity contribution in [3.63, 3.8) is 0 Å². The lowest BCUT2D eigenvalue weighted by Gasteiger charge is -2.18. The fourth-order valence-electron chi connectivity index (χ4n) is 2.20. The second-order valence-corrected chi connectivity index (χ2v) is 7.33. The van der Waals surface area contributed by atoms with Crippen LogP contribution in [0.4, 0.5) is 0 Å². The minimum Gasteiger partial charge on any atom is -0.352 e. The van der Waals surface area contributed by atoms with Gasteiger partial charge in [0.25, 0.3) is 5.91 Å². The van der Waals surface area contributed by atoms with E-state index in [9.17, 15) is 14.4 Å². The Morgan fingerprint density at radius 2 is 1.92 bits per heavy atom. The molecule has 0 unspecified atom stereocenters. The van der Waals surface area contributed by atoms with Crippen molar-refractivity contribution in [1.82, 2.24) is 15.5 Å². The zero-order chi connectivity index (χ0) is 18.6. The van der Waals surface area contributed by atoms with E-state index in [1.807, 2.05) is 38.1 Å². The van der Waals surface area contributed by atoms with Crippen LogP contribution in [0.1, 0.15) is 23.5 Å². The first kappa shape index (κ1) is 19.2. The van der Waals surface area contributed by atoms with Crippen molar-refractivity contribution in [3.05, 3.63) is 34.2 Å². The van der Waals surface area contributed by atoms with Crippen LogP contribution < -0.4 is 10.6 Å². The summed E-state index contributed by atoms with van der Waals surface area (Å²) in [6.07, 6.45) is 0. The third-order valence-corrected chi connectivity index (χ3v) is 5.07. The lowest BCUT2D eigenvalue weighted by molar-refractivity contribution is -0.134. The third-order valence-electron chi connectivity index (χ3n) is 3.40. The van der Waals surface area contributed by atoms with E-state index in [0.29, 0.717) is 9.90 Å². The molecular formula is C17H20ClN3O3S. The van der Waals surface area contributed by atoms with Crippen molar-refractivity contribution in [2.24, 2.45) is 0 Å². The van der Waals surface area contributed by atoms with Crippen LogP contribution in [0, 0.1) is 0 Å². The van der Waals surface area contributed by atoms with Crippen molar-refractivity contribution < 1.29 is 14.4 Å². The van der Waals surface area contributed by atoms with Gasteiger partial charge < -0.3 is 15.5 Å². The van der Waals surface area contributed by atoms with E-state index in [1.54, 1.807) is 0 Å². The van der Waals surface area contributed by atoms with Gasteiger partial charge in [0.1, 0.15) is 4.88 Å². The zero-order valence-corrected chi connectivity index (χ0v) is 15.8. The summed E-state index contributed by atoms with van der Waals surface area (Å²) in [6, 6.07) is 7.46. The molecule has 0 atom stereocenters. The molecule has 1 heterocycles. The van der Waals surface area contributed by atoms with Crippen molar-refractivity contribution in [2.45, 2.75) is 19.9 Å². The summed E-state index contributed by atoms with van der Waals surface area (Å²) < 4.78 is 0.909. The minimum absolute atomic E-state index is 0.00538. The maximum absolute atomic E-state index is 12.3. The normalized spacial score (nSPS) is 10.8. The molecule has 2 rings (SSSR count). The number of benzene rings is 1. The first-order chi connectivity index (χ1) is 11.8. The number of halogens is 1. The molecule has 0 spiro atoms. The number of carbonyl (C=O) groups excluding carboxylic acids is 3. The number of nitrogens with zero attached hydrogens (tertiary/aromatic N) is 1. The second kappa shape index (κ2) is 8.31. The fourth-order valence-corrected chi connectivity index (χ4v) is 3.64. The molecule has 0 bridgehead atoms. The molecule has 0 saturated heterocycles. The Labute approximate surface area is 155 Å². The molecule has 6 nitrogen and oxygen atoms in total. The molecule has 0 fully saturated rings. The Morgan fingerprint density at radius 3 is 2.56 bits per heavy atom. The average Bonchev–Trinajstić information content (AvgIpc) is 2.89. The predicted octanol–water partition coefficient (Wildman–Crippen LogP) is 2.27. The Balaban J connectivity index is 1.93. The highest BCUT2D eigenvalue weighted by molar-refractivity contribution is 7.21. The van der Waals surface area contributed by atoms with E-state index in [-0.39, 0.29) is 30.9 Å². The van der Waals surface area contributed by atoms with Crippen LogP contribution in [0.25, 0.3) is 10.1 Å². The van der Waals surface area contributed by atoms with E-state index in [4.69, 9.17) is 11.6 Å². The number of rotatable bonds is 6. The average molecular weight is 382 g/mol. The van der Waals surface area contributed by atoms with E-state index in [0.717, 1.165) is 10.1 Å². The van der Waals surface area contributed by atoms with Gasteiger partial charge >= 0.3 is 0 Å². The molecule has 0 aliphatic rings. The van der Waals surface area contributed by atoms with E-state index in [1.165, 1.54) is 23.3 Å². The molecule has 0 saturated carbocycles. The van der Waals surface area contributed by atoms with Crippen molar-refractivity contribution in [1.29, 1.82) is 0 Å². The lowest BCUT2D eigenvalue weighted by atomic mass is 10.2. The predicted molar refractivity (Wildman–Crippen MR) is 100 cm³/mol. The van der Waals surface area contributed by atoms with E-state index >= 15 is 0 Å². The molecule has 134 valence electrons. The highest BCUT2D eigenvalue weighted by Crippen LogP contribution is 2.34. The summed E-state index contributed by atoms with van der Waals surface area (Å²) in [6.45, 7) is 3.43. The number of nitrogens with one attached hydrogen (secondary N) is 2. The summed E-state index contributed by atoms with van der Waals surface area (Å²) in [5.74, 6) is -1.01. The molecule has 0 aliphatic carbocycles. The van der Waals surface area contributed by atoms with Gasteiger partial charge in [0.2, 0.25) is 11.8 Å². The molecule has 0 radical (unpaired) electrons. The number of amides is 3. The van der Waals surface area contributed by atoms with E-state index < -0.39 is 5.91 Å². The van der Waals surface area contributed by atoms with E-state index in [2.05, 4.69) is 10.6 Å². The second-order valence-electron chi connectivity index (χ2n) is 5.90. The van der Waals surface area contributed by atoms with Crippen LogP contribution in [0.15, 0.2) is 24.3 Å². The van der Waals surface area contributed by atoms with Gasteiger partial charge in [-0.25, -0.2) is 0 Å². The molecule has 25 heavy (non-hydrogen) atoms. The highest BCUT2D eigenvalue weighted by Gasteiger charge is 2.19. The number of carbonyl (C=O) groups is 3. The summed E-state index contributed by atoms with van der Waals surface area (Å²) in [4.78, 5) is 37.7. The molecule has 8 heteroatoms. The largest absolute Gasteiger partial charge is 0.352 e. The number of thiophene rings is 1. The molecule has 2 aromatic rings. The quantitative estimate of drug-likeness (QED) is 0.805. The van der Waals surface area contributed by atoms with Gasteiger partial charge in [-0.05, 0) is 19.9 Å². The van der Waals surface area contributed by atoms with Crippen LogP contribution >= 0.6 is 22.9 Å². The van der Waals surface area contributed by atoms with Gasteiger partial charge in [0, 0.05) is 23.2 Å². The smallest absolute Gasteiger partial charge is 0.263 e. The maximum atomic E-state index is 12.3. The summed E-state index contributed by atoms with van der Waals surface area (Å²) in [7, 11) is 1.51. The minimum atomic E-state index is -0.403. The van der Waals surface area contributed by atoms with Gasteiger partial charge in [0.15, 0.2) is 0 Å². The molecule has 3 amide bonds. The molecule has 1 aromatic carbocycles. The van der Waals surface area contributed by atoms with Crippen LogP contribution in [0.5, 0.6) is 0 Å². The Kier molecular flexibility index (Phi) is 6.39. The fraction of sp³-hybridized carbons (Fsp3) is 0.353. The molecule has 0 aliphatic heterocycles. The van der Waals surface area contributed by atoms with Gasteiger partial charge in [-0.3, -0.25) is 14.4 Å². The first-order valence-electron chi connectivity index (χ1n) is 7.78. The summed E-state index contributed by atoms with van der Waals surface area (Å²) in [5.41, 5.74) is 0. The summed E-state index contributed by atoms with van der Waals surface area (Å²) >= 11 is 7.52. The standard InChI is InChI=1S/C17H20ClN3O3S/c1-10(2)20-13(22)9-21(3)14(23)8-19-17(24)16-15(18)11-6-4-5-7-12(11)25-16/h4-7,10H,8-9H2,1-3H3,(H,19,24)(H,20,22). The number of hydrogen-bond donors (Lipinski definition) is 2. The first-order valence-corrected chi connectivity index (χ1v) is 8.97. The lowest BCUT2D eigenvalue weighted by Crippen LogP contribution is -2.44. The Hall–Kier alpha value is -2.12. The zero-order valence-electron chi connectivity index (χ0n) is 14.3. The maximum Gasteiger partial charge on any atom is 0.263 e. The molecule has 2 N–H and O–H groups in total. The highest BCUT2D eigenvalue weighted by atomic mass is 35.5.